The topological polar surface area (TPSA) is 46.2 Å². The van der Waals surface area contributed by atoms with Crippen molar-refractivity contribution < 1.29 is 31.5 Å². The number of aldehydes is 1. The van der Waals surface area contributed by atoms with Crippen molar-refractivity contribution >= 4 is 17.9 Å². The lowest BCUT2D eigenvalue weighted by Gasteiger charge is -2.10. The van der Waals surface area contributed by atoms with Crippen LogP contribution in [0, 0.1) is 29.1 Å². The summed E-state index contributed by atoms with van der Waals surface area (Å²) >= 11 is 0. The van der Waals surface area contributed by atoms with Gasteiger partial charge in [-0.2, -0.15) is 0 Å². The highest BCUT2D eigenvalue weighted by Gasteiger charge is 2.27. The first-order valence-corrected chi connectivity index (χ1v) is 5.74. The summed E-state index contributed by atoms with van der Waals surface area (Å²) in [4.78, 5) is 22.2. The molecule has 0 heterocycles. The summed E-state index contributed by atoms with van der Waals surface area (Å²) in [6, 6.07) is 4.82. The highest BCUT2D eigenvalue weighted by molar-refractivity contribution is 6.04. The van der Waals surface area contributed by atoms with Gasteiger partial charge in [-0.15, -0.1) is 0 Å². The Morgan fingerprint density at radius 1 is 0.818 bits per heavy atom. The molecule has 0 bridgehead atoms. The highest BCUT2D eigenvalue weighted by Crippen LogP contribution is 2.27. The second kappa shape index (κ2) is 5.92. The number of hydrogen-bond donors (Lipinski definition) is 1. The van der Waals surface area contributed by atoms with Gasteiger partial charge in [0.15, 0.2) is 23.3 Å². The molecular weight excluding hydrogens is 309 g/mol. The zero-order valence-electron chi connectivity index (χ0n) is 10.6. The number of hydrogen-bond acceptors (Lipinski definition) is 2. The summed E-state index contributed by atoms with van der Waals surface area (Å²) in [5, 5.41) is 1.62. The van der Waals surface area contributed by atoms with Crippen molar-refractivity contribution in [3.63, 3.8) is 0 Å². The summed E-state index contributed by atoms with van der Waals surface area (Å²) in [6.45, 7) is 0. The SMILES string of the molecule is O=Cc1ccc(C(=O)Nc2c(F)c(F)c(F)c(F)c2F)cc1. The second-order valence-electron chi connectivity index (χ2n) is 4.14. The molecule has 1 N–H and O–H groups in total. The van der Waals surface area contributed by atoms with Gasteiger partial charge in [-0.1, -0.05) is 12.1 Å². The quantitative estimate of drug-likeness (QED) is 0.408. The van der Waals surface area contributed by atoms with Gasteiger partial charge in [0.2, 0.25) is 5.82 Å². The molecule has 0 aliphatic heterocycles. The zero-order valence-corrected chi connectivity index (χ0v) is 10.6. The van der Waals surface area contributed by atoms with E-state index in [-0.39, 0.29) is 11.1 Å². The zero-order chi connectivity index (χ0) is 16.4. The molecule has 0 fully saturated rings. The summed E-state index contributed by atoms with van der Waals surface area (Å²) in [6.07, 6.45) is 0.506. The smallest absolute Gasteiger partial charge is 0.255 e. The molecule has 0 atom stereocenters. The summed E-state index contributed by atoms with van der Waals surface area (Å²) in [7, 11) is 0. The molecule has 2 aromatic rings. The number of nitrogens with one attached hydrogen (secondary N) is 1. The van der Waals surface area contributed by atoms with Gasteiger partial charge in [-0.05, 0) is 12.1 Å². The molecule has 2 aromatic carbocycles. The molecule has 0 unspecified atom stereocenters. The molecular formula is C14H6F5NO2. The van der Waals surface area contributed by atoms with E-state index in [1.165, 1.54) is 12.1 Å². The first kappa shape index (κ1) is 15.6. The van der Waals surface area contributed by atoms with E-state index in [2.05, 4.69) is 0 Å². The third-order valence-corrected chi connectivity index (χ3v) is 2.76. The largest absolute Gasteiger partial charge is 0.317 e. The average molecular weight is 315 g/mol. The Kier molecular flexibility index (Phi) is 4.20. The highest BCUT2D eigenvalue weighted by atomic mass is 19.2. The van der Waals surface area contributed by atoms with Crippen molar-refractivity contribution in [1.82, 2.24) is 0 Å². The number of benzene rings is 2. The standard InChI is InChI=1S/C14H6F5NO2/c15-8-9(16)11(18)13(12(19)10(8)17)20-14(22)7-3-1-6(5-21)2-4-7/h1-5H,(H,20,22). The van der Waals surface area contributed by atoms with Gasteiger partial charge < -0.3 is 5.32 Å². The fraction of sp³-hybridized carbons (Fsp3) is 0. The van der Waals surface area contributed by atoms with Gasteiger partial charge in [0.25, 0.3) is 5.91 Å². The monoisotopic (exact) mass is 315 g/mol. The van der Waals surface area contributed by atoms with Crippen LogP contribution in [0.2, 0.25) is 0 Å². The Bertz CT molecular complexity index is 730. The van der Waals surface area contributed by atoms with Crippen LogP contribution in [-0.2, 0) is 0 Å². The summed E-state index contributed by atoms with van der Waals surface area (Å²) in [5.74, 6) is -12.0. The lowest BCUT2D eigenvalue weighted by atomic mass is 10.1. The minimum absolute atomic E-state index is 0.130. The Hall–Kier alpha value is -2.77. The van der Waals surface area contributed by atoms with Crippen molar-refractivity contribution in [1.29, 1.82) is 0 Å². The Balaban J connectivity index is 2.38. The van der Waals surface area contributed by atoms with Crippen LogP contribution in [0.1, 0.15) is 20.7 Å². The molecule has 22 heavy (non-hydrogen) atoms. The van der Waals surface area contributed by atoms with Gasteiger partial charge in [-0.25, -0.2) is 22.0 Å². The van der Waals surface area contributed by atoms with E-state index in [4.69, 9.17) is 0 Å². The van der Waals surface area contributed by atoms with E-state index < -0.39 is 40.7 Å². The first-order valence-electron chi connectivity index (χ1n) is 5.74. The van der Waals surface area contributed by atoms with Gasteiger partial charge >= 0.3 is 0 Å². The van der Waals surface area contributed by atoms with Gasteiger partial charge in [0.1, 0.15) is 12.0 Å². The number of anilines is 1. The number of carbonyl (C=O) groups is 2. The fourth-order valence-electron chi connectivity index (χ4n) is 1.61. The van der Waals surface area contributed by atoms with Crippen LogP contribution < -0.4 is 5.32 Å². The van der Waals surface area contributed by atoms with Crippen molar-refractivity contribution in [2.75, 3.05) is 5.32 Å². The van der Waals surface area contributed by atoms with E-state index in [1.807, 2.05) is 0 Å². The average Bonchev–Trinajstić information content (AvgIpc) is 2.55. The van der Waals surface area contributed by atoms with Gasteiger partial charge in [0.05, 0.1) is 0 Å². The molecule has 0 aliphatic rings. The van der Waals surface area contributed by atoms with E-state index in [9.17, 15) is 31.5 Å². The van der Waals surface area contributed by atoms with Crippen LogP contribution in [0.3, 0.4) is 0 Å². The maximum atomic E-state index is 13.4. The first-order chi connectivity index (χ1) is 10.4. The summed E-state index contributed by atoms with van der Waals surface area (Å²) < 4.78 is 65.7. The molecule has 0 saturated carbocycles. The lowest BCUT2D eigenvalue weighted by Crippen LogP contribution is -2.17. The number of carbonyl (C=O) groups excluding carboxylic acids is 2. The molecule has 114 valence electrons. The van der Waals surface area contributed by atoms with Crippen molar-refractivity contribution in [3.8, 4) is 0 Å². The van der Waals surface area contributed by atoms with Crippen LogP contribution in [-0.4, -0.2) is 12.2 Å². The second-order valence-corrected chi connectivity index (χ2v) is 4.14. The molecule has 0 spiro atoms. The van der Waals surface area contributed by atoms with E-state index >= 15 is 0 Å². The number of halogens is 5. The lowest BCUT2D eigenvalue weighted by molar-refractivity contribution is 0.102. The van der Waals surface area contributed by atoms with E-state index in [1.54, 1.807) is 5.32 Å². The third kappa shape index (κ3) is 2.67. The van der Waals surface area contributed by atoms with Crippen molar-refractivity contribution in [2.24, 2.45) is 0 Å². The molecule has 0 saturated heterocycles. The van der Waals surface area contributed by atoms with Crippen LogP contribution in [0.25, 0.3) is 0 Å². The molecule has 8 heteroatoms. The molecule has 0 radical (unpaired) electrons. The summed E-state index contributed by atoms with van der Waals surface area (Å²) in [5.41, 5.74) is -1.33. The van der Waals surface area contributed by atoms with Crippen molar-refractivity contribution in [3.05, 3.63) is 64.5 Å². The Morgan fingerprint density at radius 3 is 1.73 bits per heavy atom. The minimum atomic E-state index is -2.32. The van der Waals surface area contributed by atoms with Crippen LogP contribution in [0.5, 0.6) is 0 Å². The minimum Gasteiger partial charge on any atom is -0.317 e. The number of rotatable bonds is 3. The number of amides is 1. The van der Waals surface area contributed by atoms with Gasteiger partial charge in [-0.3, -0.25) is 9.59 Å². The van der Waals surface area contributed by atoms with Crippen LogP contribution >= 0.6 is 0 Å². The molecule has 0 aliphatic carbocycles. The molecule has 1 amide bonds. The predicted octanol–water partition coefficient (Wildman–Crippen LogP) is 3.45. The maximum absolute atomic E-state index is 13.4. The van der Waals surface area contributed by atoms with E-state index in [0.29, 0.717) is 6.29 Å². The van der Waals surface area contributed by atoms with Crippen LogP contribution in [0.15, 0.2) is 24.3 Å². The molecule has 3 nitrogen and oxygen atoms in total. The normalized spacial score (nSPS) is 10.4. The fourth-order valence-corrected chi connectivity index (χ4v) is 1.61. The van der Waals surface area contributed by atoms with E-state index in [0.717, 1.165) is 12.1 Å². The third-order valence-electron chi connectivity index (χ3n) is 2.76. The van der Waals surface area contributed by atoms with Gasteiger partial charge in [0, 0.05) is 11.1 Å². The maximum Gasteiger partial charge on any atom is 0.255 e. The predicted molar refractivity (Wildman–Crippen MR) is 66.0 cm³/mol. The Labute approximate surface area is 120 Å². The molecule has 0 aromatic heterocycles. The molecule has 2 rings (SSSR count). The van der Waals surface area contributed by atoms with Crippen LogP contribution in [0.4, 0.5) is 27.6 Å². The van der Waals surface area contributed by atoms with Crippen molar-refractivity contribution in [2.45, 2.75) is 0 Å². The Morgan fingerprint density at radius 2 is 1.27 bits per heavy atom.